The molecule has 0 bridgehead atoms. The number of anilines is 3. The van der Waals surface area contributed by atoms with E-state index in [1.807, 2.05) is 36.9 Å². The van der Waals surface area contributed by atoms with Gasteiger partial charge in [-0.1, -0.05) is 6.07 Å². The highest BCUT2D eigenvalue weighted by atomic mass is 19.1. The van der Waals surface area contributed by atoms with Crippen LogP contribution in [0.5, 0.6) is 0 Å². The lowest BCUT2D eigenvalue weighted by molar-refractivity contribution is -0.117. The molecule has 1 fully saturated rings. The molecule has 0 spiro atoms. The van der Waals surface area contributed by atoms with E-state index in [-0.39, 0.29) is 30.2 Å². The van der Waals surface area contributed by atoms with Crippen LogP contribution in [0.25, 0.3) is 0 Å². The van der Waals surface area contributed by atoms with E-state index in [2.05, 4.69) is 5.32 Å². The van der Waals surface area contributed by atoms with Crippen molar-refractivity contribution in [1.29, 1.82) is 0 Å². The summed E-state index contributed by atoms with van der Waals surface area (Å²) < 4.78 is 13.2. The summed E-state index contributed by atoms with van der Waals surface area (Å²) in [5.41, 5.74) is 2.24. The number of carbonyl (C=O) groups excluding carboxylic acids is 2. The number of hydrogen-bond acceptors (Lipinski definition) is 3. The highest BCUT2D eigenvalue weighted by Gasteiger charge is 2.22. The van der Waals surface area contributed by atoms with Gasteiger partial charge in [0, 0.05) is 36.1 Å². The van der Waals surface area contributed by atoms with Crippen LogP contribution in [0, 0.1) is 5.82 Å². The van der Waals surface area contributed by atoms with Gasteiger partial charge in [-0.05, 0) is 62.7 Å². The number of halogens is 1. The summed E-state index contributed by atoms with van der Waals surface area (Å²) in [5, 5.41) is 2.89. The minimum Gasteiger partial charge on any atom is -0.360 e. The van der Waals surface area contributed by atoms with E-state index in [0.29, 0.717) is 18.7 Å². The van der Waals surface area contributed by atoms with Crippen molar-refractivity contribution in [3.8, 4) is 0 Å². The first-order chi connectivity index (χ1) is 12.9. The summed E-state index contributed by atoms with van der Waals surface area (Å²) in [6, 6.07) is 13.5. The Kier molecular flexibility index (Phi) is 5.74. The van der Waals surface area contributed by atoms with Gasteiger partial charge in [-0.15, -0.1) is 0 Å². The third kappa shape index (κ3) is 4.64. The lowest BCUT2D eigenvalue weighted by atomic mass is 10.2. The standard InChI is InChI=1S/C21H24FN3O2/c1-15(2)25(18-10-8-16(22)9-11-18)14-20(26)23-17-5-3-6-19(13-17)24-12-4-7-21(24)27/h3,5-6,8-11,13,15H,4,7,12,14H2,1-2H3,(H,23,26). The van der Waals surface area contributed by atoms with E-state index < -0.39 is 0 Å². The molecule has 0 saturated carbocycles. The zero-order chi connectivity index (χ0) is 19.4. The number of nitrogens with one attached hydrogen (secondary N) is 1. The molecule has 27 heavy (non-hydrogen) atoms. The second-order valence-electron chi connectivity index (χ2n) is 6.95. The van der Waals surface area contributed by atoms with Crippen LogP contribution >= 0.6 is 0 Å². The lowest BCUT2D eigenvalue weighted by Gasteiger charge is -2.28. The van der Waals surface area contributed by atoms with Gasteiger partial charge in [0.15, 0.2) is 0 Å². The maximum absolute atomic E-state index is 13.2. The van der Waals surface area contributed by atoms with Crippen molar-refractivity contribution in [3.63, 3.8) is 0 Å². The van der Waals surface area contributed by atoms with Gasteiger partial charge in [-0.25, -0.2) is 4.39 Å². The fourth-order valence-electron chi connectivity index (χ4n) is 3.23. The number of carbonyl (C=O) groups is 2. The maximum atomic E-state index is 13.2. The Labute approximate surface area is 158 Å². The molecule has 1 heterocycles. The molecule has 0 aromatic heterocycles. The SMILES string of the molecule is CC(C)N(CC(=O)Nc1cccc(N2CCCC2=O)c1)c1ccc(F)cc1. The van der Waals surface area contributed by atoms with Crippen molar-refractivity contribution >= 4 is 28.9 Å². The summed E-state index contributed by atoms with van der Waals surface area (Å²) in [7, 11) is 0. The molecule has 3 rings (SSSR count). The van der Waals surface area contributed by atoms with Crippen LogP contribution in [0.15, 0.2) is 48.5 Å². The van der Waals surface area contributed by atoms with Crippen LogP contribution in [0.1, 0.15) is 26.7 Å². The van der Waals surface area contributed by atoms with Crippen LogP contribution in [0.4, 0.5) is 21.5 Å². The Hall–Kier alpha value is -2.89. The van der Waals surface area contributed by atoms with Crippen molar-refractivity contribution in [3.05, 3.63) is 54.3 Å². The second kappa shape index (κ2) is 8.20. The Morgan fingerprint density at radius 2 is 1.96 bits per heavy atom. The van der Waals surface area contributed by atoms with Crippen LogP contribution in [0.2, 0.25) is 0 Å². The van der Waals surface area contributed by atoms with Crippen molar-refractivity contribution in [2.24, 2.45) is 0 Å². The molecule has 5 nitrogen and oxygen atoms in total. The van der Waals surface area contributed by atoms with E-state index in [9.17, 15) is 14.0 Å². The maximum Gasteiger partial charge on any atom is 0.243 e. The van der Waals surface area contributed by atoms with E-state index in [1.165, 1.54) is 12.1 Å². The normalized spacial score (nSPS) is 13.9. The quantitative estimate of drug-likeness (QED) is 0.843. The molecule has 142 valence electrons. The van der Waals surface area contributed by atoms with Crippen molar-refractivity contribution in [1.82, 2.24) is 0 Å². The third-order valence-corrected chi connectivity index (χ3v) is 4.61. The van der Waals surface area contributed by atoms with Gasteiger partial charge in [-0.3, -0.25) is 9.59 Å². The average molecular weight is 369 g/mol. The van der Waals surface area contributed by atoms with Gasteiger partial charge in [0.25, 0.3) is 0 Å². The van der Waals surface area contributed by atoms with Gasteiger partial charge in [0.2, 0.25) is 11.8 Å². The van der Waals surface area contributed by atoms with E-state index in [1.54, 1.807) is 23.1 Å². The number of nitrogens with zero attached hydrogens (tertiary/aromatic N) is 2. The Bertz CT molecular complexity index is 820. The molecular formula is C21H24FN3O2. The molecular weight excluding hydrogens is 345 g/mol. The smallest absolute Gasteiger partial charge is 0.243 e. The summed E-state index contributed by atoms with van der Waals surface area (Å²) in [6.45, 7) is 4.82. The minimum absolute atomic E-state index is 0.0785. The summed E-state index contributed by atoms with van der Waals surface area (Å²) in [4.78, 5) is 28.1. The highest BCUT2D eigenvalue weighted by Crippen LogP contribution is 2.24. The summed E-state index contributed by atoms with van der Waals surface area (Å²) in [5.74, 6) is -0.362. The van der Waals surface area contributed by atoms with Crippen molar-refractivity contribution in [2.75, 3.05) is 28.2 Å². The predicted molar refractivity (Wildman–Crippen MR) is 106 cm³/mol. The fraction of sp³-hybridized carbons (Fsp3) is 0.333. The van der Waals surface area contributed by atoms with Crippen LogP contribution in [-0.4, -0.2) is 30.9 Å². The average Bonchev–Trinajstić information content (AvgIpc) is 3.06. The zero-order valence-corrected chi connectivity index (χ0v) is 15.6. The van der Waals surface area contributed by atoms with E-state index in [4.69, 9.17) is 0 Å². The predicted octanol–water partition coefficient (Wildman–Crippen LogP) is 3.81. The molecule has 2 aromatic carbocycles. The molecule has 1 aliphatic rings. The Morgan fingerprint density at radius 3 is 2.59 bits per heavy atom. The van der Waals surface area contributed by atoms with Crippen LogP contribution in [-0.2, 0) is 9.59 Å². The molecule has 2 amide bonds. The monoisotopic (exact) mass is 369 g/mol. The number of benzene rings is 2. The molecule has 1 N–H and O–H groups in total. The van der Waals surface area contributed by atoms with E-state index in [0.717, 1.165) is 17.8 Å². The molecule has 0 atom stereocenters. The van der Waals surface area contributed by atoms with Gasteiger partial charge >= 0.3 is 0 Å². The van der Waals surface area contributed by atoms with Crippen molar-refractivity contribution in [2.45, 2.75) is 32.7 Å². The van der Waals surface area contributed by atoms with Crippen LogP contribution < -0.4 is 15.1 Å². The Balaban J connectivity index is 1.69. The highest BCUT2D eigenvalue weighted by molar-refractivity contribution is 5.98. The molecule has 1 aliphatic heterocycles. The molecule has 6 heteroatoms. The van der Waals surface area contributed by atoms with Gasteiger partial charge in [0.05, 0.1) is 6.54 Å². The molecule has 2 aromatic rings. The van der Waals surface area contributed by atoms with Gasteiger partial charge in [0.1, 0.15) is 5.82 Å². The molecule has 1 saturated heterocycles. The second-order valence-corrected chi connectivity index (χ2v) is 6.95. The van der Waals surface area contributed by atoms with Crippen molar-refractivity contribution < 1.29 is 14.0 Å². The zero-order valence-electron chi connectivity index (χ0n) is 15.6. The van der Waals surface area contributed by atoms with Gasteiger partial charge < -0.3 is 15.1 Å². The molecule has 0 radical (unpaired) electrons. The number of amides is 2. The first-order valence-electron chi connectivity index (χ1n) is 9.16. The first kappa shape index (κ1) is 18.9. The lowest BCUT2D eigenvalue weighted by Crippen LogP contribution is -2.38. The molecule has 0 unspecified atom stereocenters. The topological polar surface area (TPSA) is 52.7 Å². The largest absolute Gasteiger partial charge is 0.360 e. The summed E-state index contributed by atoms with van der Waals surface area (Å²) in [6.07, 6.45) is 1.42. The Morgan fingerprint density at radius 1 is 1.22 bits per heavy atom. The van der Waals surface area contributed by atoms with Crippen LogP contribution in [0.3, 0.4) is 0 Å². The third-order valence-electron chi connectivity index (χ3n) is 4.61. The number of rotatable bonds is 6. The number of hydrogen-bond donors (Lipinski definition) is 1. The first-order valence-corrected chi connectivity index (χ1v) is 9.16. The summed E-state index contributed by atoms with van der Waals surface area (Å²) >= 11 is 0. The van der Waals surface area contributed by atoms with Gasteiger partial charge in [-0.2, -0.15) is 0 Å². The fourth-order valence-corrected chi connectivity index (χ4v) is 3.23. The van der Waals surface area contributed by atoms with E-state index >= 15 is 0 Å². The molecule has 0 aliphatic carbocycles. The minimum atomic E-state index is -0.305.